The highest BCUT2D eigenvalue weighted by atomic mass is 32.2. The molecule has 3 rings (SSSR count). The second-order valence-electron chi connectivity index (χ2n) is 11.6. The van der Waals surface area contributed by atoms with Gasteiger partial charge in [0.15, 0.2) is 0 Å². The van der Waals surface area contributed by atoms with Crippen LogP contribution in [0.2, 0.25) is 0 Å². The number of hydrogen-bond acceptors (Lipinski definition) is 4. The Labute approximate surface area is 245 Å². The predicted octanol–water partition coefficient (Wildman–Crippen LogP) is 5.57. The minimum absolute atomic E-state index is 0.101. The molecule has 2 amide bonds. The number of anilines is 1. The van der Waals surface area contributed by atoms with Gasteiger partial charge in [0.1, 0.15) is 12.6 Å². The van der Waals surface area contributed by atoms with E-state index in [4.69, 9.17) is 0 Å². The second-order valence-corrected chi connectivity index (χ2v) is 13.5. The molecule has 0 spiro atoms. The number of carbonyl (C=O) groups is 2. The van der Waals surface area contributed by atoms with Gasteiger partial charge < -0.3 is 10.2 Å². The van der Waals surface area contributed by atoms with Gasteiger partial charge in [-0.05, 0) is 83.7 Å². The maximum atomic E-state index is 14.2. The standard InChI is InChI=1S/C33H43N3O4S/c1-8-29(32(38)34-33(5,6)7)35(21-20-27-12-10-9-11-13-27)31(37)23-36(30-19-16-25(3)22-26(30)4)41(39,40)28-17-14-24(2)15-18-28/h9-19,22,29H,8,20-21,23H2,1-7H3,(H,34,38)/t29-/m1/s1. The summed E-state index contributed by atoms with van der Waals surface area (Å²) < 4.78 is 29.3. The van der Waals surface area contributed by atoms with Crippen molar-refractivity contribution in [2.75, 3.05) is 17.4 Å². The Balaban J connectivity index is 2.05. The zero-order valence-electron chi connectivity index (χ0n) is 25.3. The summed E-state index contributed by atoms with van der Waals surface area (Å²) >= 11 is 0. The molecule has 0 fully saturated rings. The van der Waals surface area contributed by atoms with Crippen molar-refractivity contribution in [2.24, 2.45) is 0 Å². The van der Waals surface area contributed by atoms with E-state index in [0.717, 1.165) is 22.3 Å². The number of nitrogens with one attached hydrogen (secondary N) is 1. The lowest BCUT2D eigenvalue weighted by atomic mass is 10.1. The molecule has 0 unspecified atom stereocenters. The van der Waals surface area contributed by atoms with Crippen molar-refractivity contribution < 1.29 is 18.0 Å². The molecule has 1 atom stereocenters. The summed E-state index contributed by atoms with van der Waals surface area (Å²) in [7, 11) is -4.10. The van der Waals surface area contributed by atoms with E-state index in [0.29, 0.717) is 18.5 Å². The molecular formula is C33H43N3O4S. The van der Waals surface area contributed by atoms with Crippen molar-refractivity contribution in [3.05, 3.63) is 95.1 Å². The van der Waals surface area contributed by atoms with E-state index in [1.165, 1.54) is 9.21 Å². The van der Waals surface area contributed by atoms with Crippen molar-refractivity contribution in [1.29, 1.82) is 0 Å². The Hall–Kier alpha value is -3.65. The van der Waals surface area contributed by atoms with Crippen LogP contribution in [0.15, 0.2) is 77.7 Å². The van der Waals surface area contributed by atoms with Gasteiger partial charge >= 0.3 is 0 Å². The van der Waals surface area contributed by atoms with E-state index in [2.05, 4.69) is 5.32 Å². The minimum atomic E-state index is -4.10. The normalized spacial score (nSPS) is 12.5. The first-order chi connectivity index (χ1) is 19.2. The molecule has 0 radical (unpaired) electrons. The average Bonchev–Trinajstić information content (AvgIpc) is 2.89. The fraction of sp³-hybridized carbons (Fsp3) is 0.394. The second kappa shape index (κ2) is 13.3. The van der Waals surface area contributed by atoms with Crippen molar-refractivity contribution >= 4 is 27.5 Å². The molecule has 41 heavy (non-hydrogen) atoms. The Kier molecular flexibility index (Phi) is 10.4. The number of carbonyl (C=O) groups excluding carboxylic acids is 2. The molecule has 0 aliphatic carbocycles. The van der Waals surface area contributed by atoms with Crippen molar-refractivity contribution in [3.8, 4) is 0 Å². The first-order valence-electron chi connectivity index (χ1n) is 14.0. The highest BCUT2D eigenvalue weighted by Gasteiger charge is 2.34. The molecule has 0 bridgehead atoms. The quantitative estimate of drug-likeness (QED) is 0.323. The molecule has 0 aromatic heterocycles. The Morgan fingerprint density at radius 2 is 1.49 bits per heavy atom. The molecule has 3 aromatic carbocycles. The fourth-order valence-corrected chi connectivity index (χ4v) is 6.26. The zero-order chi connectivity index (χ0) is 30.4. The lowest BCUT2D eigenvalue weighted by molar-refractivity contribution is -0.140. The molecule has 8 heteroatoms. The van der Waals surface area contributed by atoms with Gasteiger partial charge in [-0.2, -0.15) is 0 Å². The summed E-state index contributed by atoms with van der Waals surface area (Å²) in [5, 5.41) is 3.00. The van der Waals surface area contributed by atoms with Crippen molar-refractivity contribution in [2.45, 2.75) is 77.8 Å². The van der Waals surface area contributed by atoms with Crippen LogP contribution in [0.25, 0.3) is 0 Å². The summed E-state index contributed by atoms with van der Waals surface area (Å²) in [6.45, 7) is 13.0. The Bertz CT molecular complexity index is 1450. The van der Waals surface area contributed by atoms with Crippen molar-refractivity contribution in [1.82, 2.24) is 10.2 Å². The SMILES string of the molecule is CC[C@H](C(=O)NC(C)(C)C)N(CCc1ccccc1)C(=O)CN(c1ccc(C)cc1C)S(=O)(=O)c1ccc(C)cc1. The van der Waals surface area contributed by atoms with Gasteiger partial charge in [-0.15, -0.1) is 0 Å². The zero-order valence-corrected chi connectivity index (χ0v) is 26.1. The van der Waals surface area contributed by atoms with Crippen molar-refractivity contribution in [3.63, 3.8) is 0 Å². The summed E-state index contributed by atoms with van der Waals surface area (Å²) in [5.41, 5.74) is 3.62. The van der Waals surface area contributed by atoms with Crippen LogP contribution in [0.4, 0.5) is 5.69 Å². The lowest BCUT2D eigenvalue weighted by Gasteiger charge is -2.35. The van der Waals surface area contributed by atoms with Crippen LogP contribution in [0.3, 0.4) is 0 Å². The fourth-order valence-electron chi connectivity index (χ4n) is 4.78. The molecule has 0 aliphatic rings. The van der Waals surface area contributed by atoms with Crippen LogP contribution >= 0.6 is 0 Å². The minimum Gasteiger partial charge on any atom is -0.350 e. The maximum Gasteiger partial charge on any atom is 0.264 e. The van der Waals surface area contributed by atoms with Crippen LogP contribution in [0, 0.1) is 20.8 Å². The Morgan fingerprint density at radius 3 is 2.05 bits per heavy atom. The van der Waals surface area contributed by atoms with E-state index < -0.39 is 34.1 Å². The molecule has 0 saturated heterocycles. The van der Waals surface area contributed by atoms with Crippen LogP contribution in [-0.4, -0.2) is 49.8 Å². The first-order valence-corrected chi connectivity index (χ1v) is 15.5. The smallest absolute Gasteiger partial charge is 0.264 e. The third-order valence-corrected chi connectivity index (χ3v) is 8.65. The van der Waals surface area contributed by atoms with Gasteiger partial charge in [-0.25, -0.2) is 8.42 Å². The molecular weight excluding hydrogens is 534 g/mol. The highest BCUT2D eigenvalue weighted by molar-refractivity contribution is 7.92. The van der Waals surface area contributed by atoms with Gasteiger partial charge in [0.05, 0.1) is 10.6 Å². The Morgan fingerprint density at radius 1 is 0.878 bits per heavy atom. The molecule has 0 heterocycles. The van der Waals surface area contributed by atoms with E-state index in [1.807, 2.05) is 90.9 Å². The van der Waals surface area contributed by atoms with Crippen LogP contribution in [0.1, 0.15) is 56.4 Å². The lowest BCUT2D eigenvalue weighted by Crippen LogP contribution is -2.56. The van der Waals surface area contributed by atoms with E-state index in [1.54, 1.807) is 30.3 Å². The van der Waals surface area contributed by atoms with Crippen LogP contribution in [0.5, 0.6) is 0 Å². The van der Waals surface area contributed by atoms with Gasteiger partial charge in [-0.1, -0.05) is 72.6 Å². The largest absolute Gasteiger partial charge is 0.350 e. The van der Waals surface area contributed by atoms with Gasteiger partial charge in [-0.3, -0.25) is 13.9 Å². The molecule has 220 valence electrons. The van der Waals surface area contributed by atoms with E-state index in [-0.39, 0.29) is 17.3 Å². The number of benzene rings is 3. The number of nitrogens with zero attached hydrogens (tertiary/aromatic N) is 2. The van der Waals surface area contributed by atoms with Gasteiger partial charge in [0, 0.05) is 12.1 Å². The maximum absolute atomic E-state index is 14.2. The average molecular weight is 578 g/mol. The summed E-state index contributed by atoms with van der Waals surface area (Å²) in [6.07, 6.45) is 0.914. The number of rotatable bonds is 11. The molecule has 0 saturated carbocycles. The number of aryl methyl sites for hydroxylation is 3. The van der Waals surface area contributed by atoms with Gasteiger partial charge in [0.25, 0.3) is 10.0 Å². The third-order valence-electron chi connectivity index (χ3n) is 6.88. The van der Waals surface area contributed by atoms with Gasteiger partial charge in [0.2, 0.25) is 11.8 Å². The number of hydrogen-bond donors (Lipinski definition) is 1. The predicted molar refractivity (Wildman–Crippen MR) is 165 cm³/mol. The molecule has 1 N–H and O–H groups in total. The number of sulfonamides is 1. The van der Waals surface area contributed by atoms with Crippen LogP contribution < -0.4 is 9.62 Å². The van der Waals surface area contributed by atoms with E-state index >= 15 is 0 Å². The number of amides is 2. The first kappa shape index (κ1) is 31.9. The molecule has 7 nitrogen and oxygen atoms in total. The third kappa shape index (κ3) is 8.43. The summed E-state index contributed by atoms with van der Waals surface area (Å²) in [6, 6.07) is 21.1. The van der Waals surface area contributed by atoms with Crippen LogP contribution in [-0.2, 0) is 26.0 Å². The molecule has 0 aliphatic heterocycles. The monoisotopic (exact) mass is 577 g/mol. The van der Waals surface area contributed by atoms with E-state index in [9.17, 15) is 18.0 Å². The topological polar surface area (TPSA) is 86.8 Å². The summed E-state index contributed by atoms with van der Waals surface area (Å²) in [4.78, 5) is 29.2. The molecule has 3 aromatic rings. The highest BCUT2D eigenvalue weighted by Crippen LogP contribution is 2.28. The summed E-state index contributed by atoms with van der Waals surface area (Å²) in [5.74, 6) is -0.701.